The Hall–Kier alpha value is -11.2. The molecule has 4 aliphatic rings. The molecule has 8 aromatic rings. The zero-order chi connectivity index (χ0) is 76.3. The molecule has 12 rings (SSSR count). The number of hydrogen-bond acceptors (Lipinski definition) is 13. The lowest BCUT2D eigenvalue weighted by Gasteiger charge is -2.32. The molecule has 4 fully saturated rings. The van der Waals surface area contributed by atoms with E-state index in [4.69, 9.17) is 34.8 Å². The van der Waals surface area contributed by atoms with Crippen LogP contribution in [0, 0.1) is 39.5 Å². The van der Waals surface area contributed by atoms with Gasteiger partial charge in [-0.15, -0.1) is 23.2 Å². The highest BCUT2D eigenvalue weighted by Crippen LogP contribution is 2.24. The van der Waals surface area contributed by atoms with Crippen LogP contribution in [0.1, 0.15) is 80.2 Å². The number of carbonyl (C=O) groups is 5. The average Bonchev–Trinajstić information content (AvgIpc) is 0.823. The van der Waals surface area contributed by atoms with Gasteiger partial charge in [0.25, 0.3) is 5.56 Å². The molecule has 10 amide bonds. The molecule has 0 radical (unpaired) electrons. The summed E-state index contributed by atoms with van der Waals surface area (Å²) in [7, 11) is 0. The molecule has 27 heteroatoms. The summed E-state index contributed by atoms with van der Waals surface area (Å²) >= 11 is 10.7. The largest absolute Gasteiger partial charge is 0.399 e. The molecule has 0 spiro atoms. The van der Waals surface area contributed by atoms with Crippen molar-refractivity contribution in [2.75, 3.05) is 108 Å². The minimum atomic E-state index is -0.191. The summed E-state index contributed by atoms with van der Waals surface area (Å²) in [4.78, 5) is 99.8. The number of pyridine rings is 2. The minimum absolute atomic E-state index is 0.0140. The number of anilines is 6. The number of hydrazine groups is 1. The van der Waals surface area contributed by atoms with Crippen LogP contribution >= 0.6 is 23.2 Å². The van der Waals surface area contributed by atoms with Gasteiger partial charge in [-0.1, -0.05) is 106 Å². The minimum Gasteiger partial charge on any atom is -0.399 e. The maximum atomic E-state index is 12.4. The molecule has 558 valence electrons. The smallest absolute Gasteiger partial charge is 0.344 e. The van der Waals surface area contributed by atoms with Crippen LogP contribution in [-0.4, -0.2) is 144 Å². The van der Waals surface area contributed by atoms with Gasteiger partial charge in [-0.2, -0.15) is 15.1 Å². The SMILES string of the molecule is C/C=N/N1CCCN(c2ccc(-n3ccccc3=O)cc2)C1=O.C/C=N/N1CCCN(c2ccc(C)cc2)C1=O.Cc1ccc(N)cc1.Cc1ccc(N2CCCN(N)C2=O)cc1.Cc1ccc(N2CCCNC2=O)cc1.Cc1ccc(NC(=O)NCCCCl)cc1.O=NCCCCl.O=c1cccc[nH]1. The maximum Gasteiger partial charge on any atom is 0.344 e. The van der Waals surface area contributed by atoms with Crippen molar-refractivity contribution >= 4 is 99.9 Å². The van der Waals surface area contributed by atoms with Crippen molar-refractivity contribution in [1.29, 1.82) is 0 Å². The number of aromatic amines is 1. The molecule has 0 unspecified atom stereocenters. The molecule has 4 saturated heterocycles. The summed E-state index contributed by atoms with van der Waals surface area (Å²) in [6, 6.07) is 56.2. The van der Waals surface area contributed by atoms with E-state index in [-0.39, 0.29) is 41.3 Å². The molecule has 0 saturated carbocycles. The van der Waals surface area contributed by atoms with Gasteiger partial charge in [-0.3, -0.25) is 38.8 Å². The number of nitrogens with two attached hydrogens (primary N) is 2. The summed E-state index contributed by atoms with van der Waals surface area (Å²) in [5.41, 5.74) is 17.3. The number of hydrogen-bond donors (Lipinski definition) is 6. The fourth-order valence-electron chi connectivity index (χ4n) is 10.0. The van der Waals surface area contributed by atoms with Crippen LogP contribution in [0.5, 0.6) is 0 Å². The number of nitrogens with zero attached hydrogens (tertiary/aromatic N) is 11. The first-order valence-corrected chi connectivity index (χ1v) is 35.8. The normalized spacial score (nSPS) is 13.9. The fraction of sp³-hybridized carbons (Fsp3) is 0.321. The van der Waals surface area contributed by atoms with Crippen LogP contribution in [0.2, 0.25) is 0 Å². The van der Waals surface area contributed by atoms with Crippen LogP contribution in [0.3, 0.4) is 0 Å². The monoisotopic (exact) mass is 1470 g/mol. The predicted molar refractivity (Wildman–Crippen MR) is 428 cm³/mol. The number of amides is 10. The number of rotatable bonds is 14. The Morgan fingerprint density at radius 2 is 0.933 bits per heavy atom. The number of alkyl halides is 2. The van der Waals surface area contributed by atoms with Crippen molar-refractivity contribution < 1.29 is 24.0 Å². The Labute approximate surface area is 625 Å². The number of nitroso groups, excluding NO2 is 1. The van der Waals surface area contributed by atoms with Gasteiger partial charge in [-0.25, -0.2) is 39.8 Å². The second kappa shape index (κ2) is 47.2. The lowest BCUT2D eigenvalue weighted by atomic mass is 10.2. The van der Waals surface area contributed by atoms with Gasteiger partial charge in [0.1, 0.15) is 0 Å². The van der Waals surface area contributed by atoms with Gasteiger partial charge >= 0.3 is 30.2 Å². The number of carbonyl (C=O) groups excluding carboxylic acids is 5. The van der Waals surface area contributed by atoms with E-state index in [0.29, 0.717) is 57.4 Å². The molecule has 0 aliphatic carbocycles. The molecule has 6 aromatic carbocycles. The number of benzene rings is 6. The van der Waals surface area contributed by atoms with Gasteiger partial charge in [-0.05, 0) is 184 Å². The van der Waals surface area contributed by atoms with E-state index >= 15 is 0 Å². The topological polar surface area (TPSA) is 305 Å². The Kier molecular flexibility index (Phi) is 38.0. The molecule has 8 N–H and O–H groups in total. The van der Waals surface area contributed by atoms with E-state index in [0.717, 1.165) is 98.1 Å². The van der Waals surface area contributed by atoms with Crippen LogP contribution in [0.25, 0.3) is 5.69 Å². The number of aromatic nitrogens is 2. The lowest BCUT2D eigenvalue weighted by Crippen LogP contribution is -2.52. The highest BCUT2D eigenvalue weighted by Gasteiger charge is 2.28. The van der Waals surface area contributed by atoms with Crippen molar-refractivity contribution in [3.63, 3.8) is 0 Å². The van der Waals surface area contributed by atoms with Crippen molar-refractivity contribution in [3.05, 3.63) is 248 Å². The number of H-pyrrole nitrogens is 1. The van der Waals surface area contributed by atoms with Gasteiger partial charge in [0.05, 0.1) is 6.54 Å². The van der Waals surface area contributed by atoms with Crippen molar-refractivity contribution in [3.8, 4) is 5.69 Å². The molecular weight excluding hydrogens is 1370 g/mol. The summed E-state index contributed by atoms with van der Waals surface area (Å²) in [6.07, 6.45) is 11.8. The number of halogens is 2. The van der Waals surface area contributed by atoms with E-state index in [9.17, 15) is 38.5 Å². The first-order chi connectivity index (χ1) is 50.7. The maximum absolute atomic E-state index is 12.4. The highest BCUT2D eigenvalue weighted by molar-refractivity contribution is 6.18. The second-order valence-corrected chi connectivity index (χ2v) is 24.8. The summed E-state index contributed by atoms with van der Waals surface area (Å²) in [5, 5.41) is 23.3. The average molecular weight is 1470 g/mol. The zero-order valence-corrected chi connectivity index (χ0v) is 62.5. The van der Waals surface area contributed by atoms with E-state index in [1.54, 1.807) is 74.1 Å². The van der Waals surface area contributed by atoms with Crippen LogP contribution < -0.4 is 58.2 Å². The van der Waals surface area contributed by atoms with Crippen molar-refractivity contribution in [2.45, 2.75) is 87.0 Å². The molecule has 25 nitrogen and oxygen atoms in total. The summed E-state index contributed by atoms with van der Waals surface area (Å²) in [5.74, 6) is 6.67. The Balaban J connectivity index is 0.000000222. The number of aryl methyl sites for hydroxylation is 5. The zero-order valence-electron chi connectivity index (χ0n) is 61.0. The first kappa shape index (κ1) is 84.5. The van der Waals surface area contributed by atoms with Crippen LogP contribution in [-0.2, 0) is 0 Å². The third kappa shape index (κ3) is 30.4. The lowest BCUT2D eigenvalue weighted by molar-refractivity contribution is 0.196. The third-order valence-electron chi connectivity index (χ3n) is 15.6. The van der Waals surface area contributed by atoms with Gasteiger partial charge in [0, 0.05) is 147 Å². The second-order valence-electron chi connectivity index (χ2n) is 24.0. The highest BCUT2D eigenvalue weighted by atomic mass is 35.5. The summed E-state index contributed by atoms with van der Waals surface area (Å²) in [6.45, 7) is 20.5. The molecule has 6 heterocycles. The summed E-state index contributed by atoms with van der Waals surface area (Å²) < 4.78 is 1.56. The van der Waals surface area contributed by atoms with Crippen molar-refractivity contribution in [2.24, 2.45) is 21.2 Å². The fourth-order valence-corrected chi connectivity index (χ4v) is 10.3. The Bertz CT molecular complexity index is 4050. The van der Waals surface area contributed by atoms with E-state index < -0.39 is 0 Å². The Morgan fingerprint density at radius 1 is 0.505 bits per heavy atom. The Morgan fingerprint density at radius 3 is 1.34 bits per heavy atom. The number of nitrogens with one attached hydrogen (secondary N) is 4. The molecule has 0 atom stereocenters. The van der Waals surface area contributed by atoms with Crippen LogP contribution in [0.15, 0.2) is 219 Å². The standard InChI is InChI=1S/C17H18N4O2.C13H17N3O.C11H15ClN2O.C11H15N3O.C11H14N2O.C7H9N.C5H5NO.C3H6ClNO/c1-2-18-21-13-5-12-20(17(21)23)15-9-7-14(8-10-15)19-11-4-3-6-16(19)22;1-3-14-16-10-4-9-15(13(16)17)12-7-5-11(2)6-8-12;1-9-3-5-10(6-4-9)14-11(15)13-8-2-7-12;1-9-3-5-10(6-4-9)13-7-2-8-14(12)11(13)15;1-9-3-5-10(6-4-9)13-8-2-7-12-11(13)14;1-6-2-4-7(8)5-3-6;7-5-3-1-2-4-6-5;4-2-1-3-5-6/h2-4,6-11H,5,12-13H2,1H3;3,5-8H,4,9-10H2,1-2H3;3-6H,2,7-8H2,1H3,(H2,13,14,15);3-6H,2,7-8,12H2,1H3;3-6H,2,7-8H2,1H3,(H,12,14);2-5H,8H2,1H3;1-4H,(H,6,7);1-3H2/b18-2+;14-3+;;;;;;. The number of urea groups is 5. The molecule has 4 aliphatic heterocycles. The molecular formula is C78H99Cl2N17O8. The predicted octanol–water partition coefficient (Wildman–Crippen LogP) is 14.6. The van der Waals surface area contributed by atoms with Crippen LogP contribution in [0.4, 0.5) is 58.1 Å². The van der Waals surface area contributed by atoms with E-state index in [2.05, 4.69) is 36.3 Å². The van der Waals surface area contributed by atoms with E-state index in [1.165, 1.54) is 55.0 Å². The number of nitrogen functional groups attached to an aromatic ring is 1. The van der Waals surface area contributed by atoms with Gasteiger partial charge < -0.3 is 26.7 Å². The first-order valence-electron chi connectivity index (χ1n) is 34.7. The molecule has 105 heavy (non-hydrogen) atoms. The van der Waals surface area contributed by atoms with Gasteiger partial charge in [0.15, 0.2) is 0 Å². The quantitative estimate of drug-likeness (QED) is 0.0114. The number of hydrazone groups is 2. The van der Waals surface area contributed by atoms with E-state index in [1.807, 2.05) is 193 Å². The third-order valence-corrected chi connectivity index (χ3v) is 16.1. The molecule has 2 aromatic heterocycles. The van der Waals surface area contributed by atoms with Gasteiger partial charge in [0.2, 0.25) is 5.56 Å². The molecule has 0 bridgehead atoms. The van der Waals surface area contributed by atoms with Crippen molar-refractivity contribution in [1.82, 2.24) is 35.2 Å².